The molecule has 0 aromatic rings. The van der Waals surface area contributed by atoms with Gasteiger partial charge in [0.1, 0.15) is 5.70 Å². The van der Waals surface area contributed by atoms with Gasteiger partial charge in [0.25, 0.3) is 0 Å². The van der Waals surface area contributed by atoms with E-state index in [9.17, 15) is 9.59 Å². The highest BCUT2D eigenvalue weighted by atomic mass is 16.5. The summed E-state index contributed by atoms with van der Waals surface area (Å²) >= 11 is 0. The molecule has 0 unspecified atom stereocenters. The number of esters is 1. The molecule has 82 valence electrons. The summed E-state index contributed by atoms with van der Waals surface area (Å²) in [5.41, 5.74) is 0.311. The van der Waals surface area contributed by atoms with Gasteiger partial charge in [0.2, 0.25) is 5.91 Å². The largest absolute Gasteiger partial charge is 0.464 e. The van der Waals surface area contributed by atoms with Crippen molar-refractivity contribution in [3.05, 3.63) is 11.8 Å². The number of nitrogens with one attached hydrogen (secondary N) is 1. The van der Waals surface area contributed by atoms with Crippen molar-refractivity contribution in [3.8, 4) is 0 Å². The van der Waals surface area contributed by atoms with Gasteiger partial charge in [0.15, 0.2) is 0 Å². The number of carbonyl (C=O) groups is 2. The zero-order valence-electron chi connectivity index (χ0n) is 8.79. The van der Waals surface area contributed by atoms with Gasteiger partial charge in [-0.1, -0.05) is 12.8 Å². The van der Waals surface area contributed by atoms with Gasteiger partial charge in [0, 0.05) is 5.92 Å². The third kappa shape index (κ3) is 1.89. The third-order valence-electron chi connectivity index (χ3n) is 3.20. The molecule has 2 rings (SSSR count). The van der Waals surface area contributed by atoms with Crippen LogP contribution in [0, 0.1) is 11.8 Å². The lowest BCUT2D eigenvalue weighted by atomic mass is 9.76. The first-order chi connectivity index (χ1) is 7.22. The minimum absolute atomic E-state index is 0.0254. The molecule has 0 aromatic carbocycles. The van der Waals surface area contributed by atoms with E-state index in [-0.39, 0.29) is 17.7 Å². The maximum Gasteiger partial charge on any atom is 0.354 e. The Labute approximate surface area is 88.7 Å². The molecule has 1 amide bonds. The fourth-order valence-electron chi connectivity index (χ4n) is 2.39. The molecular weight excluding hydrogens is 194 g/mol. The molecule has 0 aromatic heterocycles. The quantitative estimate of drug-likeness (QED) is 0.655. The standard InChI is InChI=1S/C11H15NO3/c1-15-11(14)9-6-7-4-2-3-5-8(7)10(13)12-9/h6-8H,2-5H2,1H3,(H,12,13)/t7-,8-/m0/s1. The molecule has 2 atom stereocenters. The molecule has 2 aliphatic rings. The Kier molecular flexibility index (Phi) is 2.75. The number of ether oxygens (including phenoxy) is 1. The first-order valence-electron chi connectivity index (χ1n) is 5.33. The van der Waals surface area contributed by atoms with Crippen molar-refractivity contribution in [1.82, 2.24) is 5.32 Å². The third-order valence-corrected chi connectivity index (χ3v) is 3.20. The van der Waals surface area contributed by atoms with E-state index in [0.717, 1.165) is 25.7 Å². The Morgan fingerprint density at radius 3 is 2.93 bits per heavy atom. The summed E-state index contributed by atoms with van der Waals surface area (Å²) in [4.78, 5) is 23.0. The van der Waals surface area contributed by atoms with Crippen LogP contribution in [0.1, 0.15) is 25.7 Å². The molecule has 4 heteroatoms. The highest BCUT2D eigenvalue weighted by molar-refractivity contribution is 5.96. The van der Waals surface area contributed by atoms with Gasteiger partial charge in [0.05, 0.1) is 7.11 Å². The number of carbonyl (C=O) groups excluding carboxylic acids is 2. The van der Waals surface area contributed by atoms with Crippen LogP contribution in [-0.4, -0.2) is 19.0 Å². The molecule has 1 fully saturated rings. The Hall–Kier alpha value is -1.32. The number of hydrogen-bond acceptors (Lipinski definition) is 3. The zero-order chi connectivity index (χ0) is 10.8. The van der Waals surface area contributed by atoms with E-state index >= 15 is 0 Å². The van der Waals surface area contributed by atoms with Crippen LogP contribution in [0.25, 0.3) is 0 Å². The maximum absolute atomic E-state index is 11.7. The van der Waals surface area contributed by atoms with Gasteiger partial charge in [-0.15, -0.1) is 0 Å². The molecule has 0 saturated heterocycles. The van der Waals surface area contributed by atoms with Crippen LogP contribution in [0.4, 0.5) is 0 Å². The minimum Gasteiger partial charge on any atom is -0.464 e. The number of methoxy groups -OCH3 is 1. The van der Waals surface area contributed by atoms with Crippen LogP contribution in [-0.2, 0) is 14.3 Å². The average molecular weight is 209 g/mol. The van der Waals surface area contributed by atoms with Crippen molar-refractivity contribution >= 4 is 11.9 Å². The number of hydrogen-bond donors (Lipinski definition) is 1. The Morgan fingerprint density at radius 2 is 2.20 bits per heavy atom. The number of rotatable bonds is 1. The van der Waals surface area contributed by atoms with E-state index < -0.39 is 5.97 Å². The maximum atomic E-state index is 11.7. The van der Waals surface area contributed by atoms with Gasteiger partial charge < -0.3 is 10.1 Å². The molecule has 0 radical (unpaired) electrons. The van der Waals surface area contributed by atoms with Crippen molar-refractivity contribution in [1.29, 1.82) is 0 Å². The molecule has 1 aliphatic heterocycles. The van der Waals surface area contributed by atoms with Crippen molar-refractivity contribution in [2.45, 2.75) is 25.7 Å². The Balaban J connectivity index is 2.19. The van der Waals surface area contributed by atoms with E-state index in [4.69, 9.17) is 0 Å². The lowest BCUT2D eigenvalue weighted by Crippen LogP contribution is -2.42. The average Bonchev–Trinajstić information content (AvgIpc) is 2.28. The van der Waals surface area contributed by atoms with Crippen molar-refractivity contribution in [2.75, 3.05) is 7.11 Å². The molecular formula is C11H15NO3. The van der Waals surface area contributed by atoms with Crippen LogP contribution in [0.3, 0.4) is 0 Å². The second-order valence-corrected chi connectivity index (χ2v) is 4.12. The Bertz CT molecular complexity index is 322. The predicted molar refractivity (Wildman–Crippen MR) is 53.7 cm³/mol. The lowest BCUT2D eigenvalue weighted by molar-refractivity contribution is -0.139. The summed E-state index contributed by atoms with van der Waals surface area (Å²) in [6.45, 7) is 0. The monoisotopic (exact) mass is 209 g/mol. The summed E-state index contributed by atoms with van der Waals surface area (Å²) in [7, 11) is 1.32. The molecule has 0 bridgehead atoms. The SMILES string of the molecule is COC(=O)C1=C[C@@H]2CCCC[C@@H]2C(=O)N1. The summed E-state index contributed by atoms with van der Waals surface area (Å²) < 4.78 is 4.60. The van der Waals surface area contributed by atoms with Crippen LogP contribution in [0.15, 0.2) is 11.8 Å². The Morgan fingerprint density at radius 1 is 1.47 bits per heavy atom. The van der Waals surface area contributed by atoms with Crippen LogP contribution >= 0.6 is 0 Å². The zero-order valence-corrected chi connectivity index (χ0v) is 8.79. The number of allylic oxidation sites excluding steroid dienone is 1. The molecule has 15 heavy (non-hydrogen) atoms. The van der Waals surface area contributed by atoms with Crippen LogP contribution in [0.5, 0.6) is 0 Å². The fourth-order valence-corrected chi connectivity index (χ4v) is 2.39. The fraction of sp³-hybridized carbons (Fsp3) is 0.636. The summed E-state index contributed by atoms with van der Waals surface area (Å²) in [6, 6.07) is 0. The van der Waals surface area contributed by atoms with Gasteiger partial charge in [-0.05, 0) is 24.8 Å². The highest BCUT2D eigenvalue weighted by Crippen LogP contribution is 2.34. The molecule has 1 N–H and O–H groups in total. The van der Waals surface area contributed by atoms with Crippen molar-refractivity contribution < 1.29 is 14.3 Å². The molecule has 4 nitrogen and oxygen atoms in total. The van der Waals surface area contributed by atoms with E-state index in [0.29, 0.717) is 5.70 Å². The van der Waals surface area contributed by atoms with E-state index in [2.05, 4.69) is 10.1 Å². The predicted octanol–water partition coefficient (Wildman–Crippen LogP) is 0.979. The normalized spacial score (nSPS) is 29.9. The van der Waals surface area contributed by atoms with E-state index in [1.807, 2.05) is 6.08 Å². The second-order valence-electron chi connectivity index (χ2n) is 4.12. The lowest BCUT2D eigenvalue weighted by Gasteiger charge is -2.32. The van der Waals surface area contributed by atoms with Gasteiger partial charge in [-0.25, -0.2) is 4.79 Å². The molecule has 1 saturated carbocycles. The molecule has 1 aliphatic carbocycles. The van der Waals surface area contributed by atoms with Gasteiger partial charge >= 0.3 is 5.97 Å². The second kappa shape index (κ2) is 4.04. The van der Waals surface area contributed by atoms with Gasteiger partial charge in [-0.3, -0.25) is 4.79 Å². The van der Waals surface area contributed by atoms with Gasteiger partial charge in [-0.2, -0.15) is 0 Å². The van der Waals surface area contributed by atoms with E-state index in [1.54, 1.807) is 0 Å². The molecule has 1 heterocycles. The van der Waals surface area contributed by atoms with Crippen molar-refractivity contribution in [3.63, 3.8) is 0 Å². The molecule has 0 spiro atoms. The van der Waals surface area contributed by atoms with E-state index in [1.165, 1.54) is 7.11 Å². The highest BCUT2D eigenvalue weighted by Gasteiger charge is 2.35. The van der Waals surface area contributed by atoms with Crippen LogP contribution in [0.2, 0.25) is 0 Å². The summed E-state index contributed by atoms with van der Waals surface area (Å²) in [5.74, 6) is -0.191. The van der Waals surface area contributed by atoms with Crippen molar-refractivity contribution in [2.24, 2.45) is 11.8 Å². The van der Waals surface area contributed by atoms with Crippen LogP contribution < -0.4 is 5.32 Å². The summed E-state index contributed by atoms with van der Waals surface area (Å²) in [6.07, 6.45) is 6.03. The first kappa shape index (κ1) is 10.2. The smallest absolute Gasteiger partial charge is 0.354 e. The summed E-state index contributed by atoms with van der Waals surface area (Å²) in [5, 5.41) is 2.61. The number of amides is 1. The number of fused-ring (bicyclic) bond motifs is 1. The minimum atomic E-state index is -0.452. The topological polar surface area (TPSA) is 55.4 Å². The first-order valence-corrected chi connectivity index (χ1v) is 5.33.